The minimum absolute atomic E-state index is 0.0496. The van der Waals surface area contributed by atoms with Crippen LogP contribution in [-0.4, -0.2) is 47.9 Å². The van der Waals surface area contributed by atoms with Gasteiger partial charge in [-0.1, -0.05) is 24.3 Å². The molecule has 1 aliphatic heterocycles. The minimum atomic E-state index is -4.49. The SMILES string of the molecule is O=C(C=CC1CCS(=O)(=O)N1CCCc1ccc(C(=O)O)s1)Cc1cccc(C(F)(F)F)c1. The fourth-order valence-corrected chi connectivity index (χ4v) is 6.26. The smallest absolute Gasteiger partial charge is 0.416 e. The zero-order valence-electron chi connectivity index (χ0n) is 17.4. The number of allylic oxidation sites excluding steroid dienone is 1. The number of aromatic carboxylic acids is 1. The summed E-state index contributed by atoms with van der Waals surface area (Å²) in [5, 5.41) is 8.98. The highest BCUT2D eigenvalue weighted by Crippen LogP contribution is 2.30. The number of thiophene rings is 1. The summed E-state index contributed by atoms with van der Waals surface area (Å²) in [5.41, 5.74) is -0.599. The molecule has 1 aliphatic rings. The van der Waals surface area contributed by atoms with Crippen molar-refractivity contribution in [2.45, 2.75) is 37.9 Å². The van der Waals surface area contributed by atoms with Crippen molar-refractivity contribution in [3.63, 3.8) is 0 Å². The molecule has 0 radical (unpaired) electrons. The van der Waals surface area contributed by atoms with E-state index in [9.17, 15) is 31.2 Å². The van der Waals surface area contributed by atoms with Crippen molar-refractivity contribution in [1.29, 1.82) is 0 Å². The topological polar surface area (TPSA) is 91.8 Å². The number of ketones is 1. The van der Waals surface area contributed by atoms with Crippen LogP contribution in [0.3, 0.4) is 0 Å². The van der Waals surface area contributed by atoms with E-state index < -0.39 is 39.6 Å². The van der Waals surface area contributed by atoms with Gasteiger partial charge in [0.05, 0.1) is 11.3 Å². The molecule has 1 aromatic carbocycles. The molecular formula is C22H22F3NO5S2. The molecule has 1 atom stereocenters. The van der Waals surface area contributed by atoms with Crippen LogP contribution in [0.2, 0.25) is 0 Å². The van der Waals surface area contributed by atoms with Crippen LogP contribution in [0, 0.1) is 0 Å². The van der Waals surface area contributed by atoms with Gasteiger partial charge < -0.3 is 5.11 Å². The van der Waals surface area contributed by atoms with Crippen molar-refractivity contribution in [1.82, 2.24) is 4.31 Å². The molecule has 33 heavy (non-hydrogen) atoms. The Hall–Kier alpha value is -2.50. The number of sulfonamides is 1. The molecule has 1 unspecified atom stereocenters. The summed E-state index contributed by atoms with van der Waals surface area (Å²) in [6.07, 6.45) is -0.657. The van der Waals surface area contributed by atoms with Crippen LogP contribution in [0.25, 0.3) is 0 Å². The van der Waals surface area contributed by atoms with Crippen molar-refractivity contribution >= 4 is 33.1 Å². The molecule has 178 valence electrons. The lowest BCUT2D eigenvalue weighted by atomic mass is 10.0. The lowest BCUT2D eigenvalue weighted by Gasteiger charge is -2.20. The Kier molecular flexibility index (Phi) is 7.76. The van der Waals surface area contributed by atoms with E-state index in [2.05, 4.69) is 0 Å². The first kappa shape index (κ1) is 25.1. The van der Waals surface area contributed by atoms with Crippen LogP contribution in [0.15, 0.2) is 48.6 Å². The summed E-state index contributed by atoms with van der Waals surface area (Å²) in [7, 11) is -3.47. The van der Waals surface area contributed by atoms with Gasteiger partial charge in [0.2, 0.25) is 10.0 Å². The summed E-state index contributed by atoms with van der Waals surface area (Å²) in [6, 6.07) is 7.26. The lowest BCUT2D eigenvalue weighted by Crippen LogP contribution is -2.33. The first-order valence-corrected chi connectivity index (χ1v) is 12.6. The summed E-state index contributed by atoms with van der Waals surface area (Å²) in [4.78, 5) is 24.3. The van der Waals surface area contributed by atoms with Gasteiger partial charge in [0.25, 0.3) is 0 Å². The Morgan fingerprint density at radius 3 is 2.64 bits per heavy atom. The first-order valence-electron chi connectivity index (χ1n) is 10.1. The van der Waals surface area contributed by atoms with Crippen LogP contribution < -0.4 is 0 Å². The highest BCUT2D eigenvalue weighted by molar-refractivity contribution is 7.89. The predicted molar refractivity (Wildman–Crippen MR) is 118 cm³/mol. The Bertz CT molecular complexity index is 1150. The van der Waals surface area contributed by atoms with Crippen molar-refractivity contribution in [2.75, 3.05) is 12.3 Å². The van der Waals surface area contributed by atoms with Crippen LogP contribution in [0.5, 0.6) is 0 Å². The average Bonchev–Trinajstić information content (AvgIpc) is 3.31. The van der Waals surface area contributed by atoms with Gasteiger partial charge >= 0.3 is 12.1 Å². The first-order chi connectivity index (χ1) is 15.5. The van der Waals surface area contributed by atoms with Gasteiger partial charge in [0.15, 0.2) is 5.78 Å². The second-order valence-electron chi connectivity index (χ2n) is 7.66. The van der Waals surface area contributed by atoms with E-state index in [-0.39, 0.29) is 29.2 Å². The van der Waals surface area contributed by atoms with Gasteiger partial charge in [-0.3, -0.25) is 4.79 Å². The summed E-state index contributed by atoms with van der Waals surface area (Å²) in [6.45, 7) is 0.222. The van der Waals surface area contributed by atoms with Gasteiger partial charge in [-0.25, -0.2) is 13.2 Å². The Morgan fingerprint density at radius 2 is 1.97 bits per heavy atom. The normalized spacial score (nSPS) is 18.7. The fraction of sp³-hybridized carbons (Fsp3) is 0.364. The van der Waals surface area contributed by atoms with E-state index in [4.69, 9.17) is 5.11 Å². The molecule has 0 amide bonds. The third-order valence-electron chi connectivity index (χ3n) is 5.21. The number of hydrogen-bond donors (Lipinski definition) is 1. The molecular weight excluding hydrogens is 479 g/mol. The molecule has 2 heterocycles. The number of carbonyl (C=O) groups excluding carboxylic acids is 1. The second-order valence-corrected chi connectivity index (χ2v) is 10.9. The summed E-state index contributed by atoms with van der Waals surface area (Å²) < 4.78 is 64.6. The van der Waals surface area contributed by atoms with Gasteiger partial charge in [0, 0.05) is 23.9 Å². The number of carboxylic acids is 1. The molecule has 0 bridgehead atoms. The molecule has 1 fully saturated rings. The molecule has 0 saturated carbocycles. The maximum atomic E-state index is 12.8. The summed E-state index contributed by atoms with van der Waals surface area (Å²) >= 11 is 1.15. The maximum Gasteiger partial charge on any atom is 0.416 e. The standard InChI is InChI=1S/C22H22F3NO5S2/c23-22(24,25)16-4-1-3-15(13-16)14-18(27)7-6-17-10-12-33(30,31)26(17)11-2-5-19-8-9-20(32-19)21(28)29/h1,3-4,6-9,13,17H,2,5,10-12,14H2,(H,28,29). The Balaban J connectivity index is 1.59. The third kappa shape index (κ3) is 6.75. The number of halogens is 3. The monoisotopic (exact) mass is 501 g/mol. The number of rotatable bonds is 9. The van der Waals surface area contributed by atoms with Crippen LogP contribution in [-0.2, 0) is 33.8 Å². The van der Waals surface area contributed by atoms with Crippen LogP contribution in [0.1, 0.15) is 38.5 Å². The molecule has 1 saturated heterocycles. The zero-order chi connectivity index (χ0) is 24.2. The van der Waals surface area contributed by atoms with E-state index in [1.807, 2.05) is 0 Å². The van der Waals surface area contributed by atoms with Crippen LogP contribution >= 0.6 is 11.3 Å². The van der Waals surface area contributed by atoms with Crippen molar-refractivity contribution in [2.24, 2.45) is 0 Å². The number of carboxylic acid groups (broad SMARTS) is 1. The number of hydrogen-bond acceptors (Lipinski definition) is 5. The quantitative estimate of drug-likeness (QED) is 0.521. The summed E-state index contributed by atoms with van der Waals surface area (Å²) in [5.74, 6) is -1.47. The van der Waals surface area contributed by atoms with Gasteiger partial charge in [-0.05, 0) is 49.1 Å². The van der Waals surface area contributed by atoms with E-state index in [1.165, 1.54) is 34.7 Å². The largest absolute Gasteiger partial charge is 0.477 e. The Labute approximate surface area is 193 Å². The molecule has 1 aromatic heterocycles. The van der Waals surface area contributed by atoms with Crippen molar-refractivity contribution < 1.29 is 36.3 Å². The third-order valence-corrected chi connectivity index (χ3v) is 8.26. The number of benzene rings is 1. The Morgan fingerprint density at radius 1 is 1.21 bits per heavy atom. The van der Waals surface area contributed by atoms with Crippen molar-refractivity contribution in [3.8, 4) is 0 Å². The van der Waals surface area contributed by atoms with Gasteiger partial charge in [-0.15, -0.1) is 11.3 Å². The van der Waals surface area contributed by atoms with Gasteiger partial charge in [-0.2, -0.15) is 17.5 Å². The molecule has 0 aliphatic carbocycles. The van der Waals surface area contributed by atoms with Gasteiger partial charge in [0.1, 0.15) is 4.88 Å². The molecule has 3 rings (SSSR count). The van der Waals surface area contributed by atoms with E-state index >= 15 is 0 Å². The maximum absolute atomic E-state index is 12.8. The molecule has 11 heteroatoms. The van der Waals surface area contributed by atoms with E-state index in [0.29, 0.717) is 19.3 Å². The highest BCUT2D eigenvalue weighted by atomic mass is 32.2. The molecule has 2 aromatic rings. The predicted octanol–water partition coefficient (Wildman–Crippen LogP) is 4.17. The second kappa shape index (κ2) is 10.2. The van der Waals surface area contributed by atoms with Crippen molar-refractivity contribution in [3.05, 3.63) is 69.4 Å². The lowest BCUT2D eigenvalue weighted by molar-refractivity contribution is -0.137. The van der Waals surface area contributed by atoms with E-state index in [1.54, 1.807) is 6.07 Å². The number of aryl methyl sites for hydroxylation is 1. The number of nitrogens with zero attached hydrogens (tertiary/aromatic N) is 1. The average molecular weight is 502 g/mol. The molecule has 0 spiro atoms. The van der Waals surface area contributed by atoms with Crippen LogP contribution in [0.4, 0.5) is 13.2 Å². The van der Waals surface area contributed by atoms with E-state index in [0.717, 1.165) is 28.3 Å². The number of alkyl halides is 3. The molecule has 6 nitrogen and oxygen atoms in total. The fourth-order valence-electron chi connectivity index (χ4n) is 3.61. The highest BCUT2D eigenvalue weighted by Gasteiger charge is 2.35. The zero-order valence-corrected chi connectivity index (χ0v) is 19.0. The number of carbonyl (C=O) groups is 2. The molecule has 1 N–H and O–H groups in total. The minimum Gasteiger partial charge on any atom is -0.477 e.